The Morgan fingerprint density at radius 3 is 2.50 bits per heavy atom. The number of nitro benzene ring substituents is 1. The summed E-state index contributed by atoms with van der Waals surface area (Å²) < 4.78 is 38.7. The van der Waals surface area contributed by atoms with Crippen molar-refractivity contribution in [2.75, 3.05) is 23.1 Å². The number of nitrogens with zero attached hydrogens (tertiary/aromatic N) is 5. The van der Waals surface area contributed by atoms with E-state index in [1.165, 1.54) is 36.5 Å². The van der Waals surface area contributed by atoms with Gasteiger partial charge in [-0.15, -0.1) is 0 Å². The fourth-order valence-corrected chi connectivity index (χ4v) is 2.60. The Morgan fingerprint density at radius 2 is 1.81 bits per heavy atom. The maximum atomic E-state index is 12.9. The second-order valence-corrected chi connectivity index (χ2v) is 6.50. The third-order valence-corrected chi connectivity index (χ3v) is 4.17. The molecule has 0 saturated heterocycles. The Balaban J connectivity index is 1.79. The molecular weight excluding hydrogens is 453 g/mol. The highest BCUT2D eigenvalue weighted by molar-refractivity contribution is 6.32. The first-order valence-electron chi connectivity index (χ1n) is 8.77. The second kappa shape index (κ2) is 9.43. The lowest BCUT2D eigenvalue weighted by Crippen LogP contribution is -2.08. The summed E-state index contributed by atoms with van der Waals surface area (Å²) in [4.78, 5) is 22.5. The van der Waals surface area contributed by atoms with E-state index in [1.807, 2.05) is 0 Å². The molecule has 14 heteroatoms. The molecule has 1 heterocycles. The largest absolute Gasteiger partial charge is 0.416 e. The zero-order chi connectivity index (χ0) is 23.3. The Labute approximate surface area is 183 Å². The SMILES string of the molecule is CNc1nc(N/N=C/c2ccc(Cl)c([N+](=O)[O-])c2)nc(Nc2cccc(C(F)(F)F)c2)n1. The molecule has 0 fully saturated rings. The summed E-state index contributed by atoms with van der Waals surface area (Å²) in [5, 5.41) is 20.2. The number of hydrogen-bond donors (Lipinski definition) is 3. The van der Waals surface area contributed by atoms with Crippen molar-refractivity contribution in [2.45, 2.75) is 6.18 Å². The molecule has 0 amide bonds. The number of nitro groups is 1. The van der Waals surface area contributed by atoms with Crippen molar-refractivity contribution in [3.63, 3.8) is 0 Å². The molecule has 32 heavy (non-hydrogen) atoms. The van der Waals surface area contributed by atoms with Crippen LogP contribution in [0.1, 0.15) is 11.1 Å². The molecule has 0 unspecified atom stereocenters. The van der Waals surface area contributed by atoms with Gasteiger partial charge in [0.15, 0.2) is 0 Å². The van der Waals surface area contributed by atoms with E-state index in [4.69, 9.17) is 11.6 Å². The van der Waals surface area contributed by atoms with Gasteiger partial charge in [0, 0.05) is 24.4 Å². The molecule has 0 bridgehead atoms. The van der Waals surface area contributed by atoms with Crippen molar-refractivity contribution >= 4 is 47.0 Å². The normalized spacial score (nSPS) is 11.4. The molecule has 1 aromatic heterocycles. The highest BCUT2D eigenvalue weighted by Gasteiger charge is 2.30. The number of anilines is 4. The lowest BCUT2D eigenvalue weighted by Gasteiger charge is -2.11. The van der Waals surface area contributed by atoms with Crippen LogP contribution in [0.5, 0.6) is 0 Å². The minimum absolute atomic E-state index is 0.0125. The van der Waals surface area contributed by atoms with Crippen LogP contribution in [0.4, 0.5) is 42.4 Å². The van der Waals surface area contributed by atoms with Crippen molar-refractivity contribution in [2.24, 2.45) is 5.10 Å². The number of hydrazone groups is 1. The lowest BCUT2D eigenvalue weighted by molar-refractivity contribution is -0.384. The third-order valence-electron chi connectivity index (χ3n) is 3.85. The van der Waals surface area contributed by atoms with Crippen LogP contribution in [0.2, 0.25) is 5.02 Å². The summed E-state index contributed by atoms with van der Waals surface area (Å²) in [5.74, 6) is 0.0522. The van der Waals surface area contributed by atoms with Crippen LogP contribution in [-0.4, -0.2) is 33.1 Å². The molecule has 0 aliphatic carbocycles. The van der Waals surface area contributed by atoms with E-state index >= 15 is 0 Å². The quantitative estimate of drug-likeness (QED) is 0.260. The number of nitrogens with one attached hydrogen (secondary N) is 3. The number of halogens is 4. The van der Waals surface area contributed by atoms with Gasteiger partial charge in [-0.25, -0.2) is 5.43 Å². The third kappa shape index (κ3) is 5.78. The molecule has 0 spiro atoms. The summed E-state index contributed by atoms with van der Waals surface area (Å²) in [5.41, 5.74) is 1.94. The second-order valence-electron chi connectivity index (χ2n) is 6.10. The summed E-state index contributed by atoms with van der Waals surface area (Å²) >= 11 is 5.77. The van der Waals surface area contributed by atoms with Gasteiger partial charge in [-0.2, -0.15) is 33.2 Å². The summed E-state index contributed by atoms with van der Waals surface area (Å²) in [7, 11) is 1.54. The average molecular weight is 467 g/mol. The van der Waals surface area contributed by atoms with Crippen molar-refractivity contribution in [1.29, 1.82) is 0 Å². The van der Waals surface area contributed by atoms with Gasteiger partial charge >= 0.3 is 6.18 Å². The molecule has 0 radical (unpaired) electrons. The summed E-state index contributed by atoms with van der Waals surface area (Å²) in [6.45, 7) is 0. The molecule has 2 aromatic carbocycles. The van der Waals surface area contributed by atoms with Gasteiger partial charge in [-0.3, -0.25) is 10.1 Å². The molecule has 3 N–H and O–H groups in total. The fraction of sp³-hybridized carbons (Fsp3) is 0.111. The minimum atomic E-state index is -4.49. The Hall–Kier alpha value is -4.00. The Kier molecular flexibility index (Phi) is 6.68. The van der Waals surface area contributed by atoms with Crippen molar-refractivity contribution in [3.05, 3.63) is 68.7 Å². The monoisotopic (exact) mass is 466 g/mol. The average Bonchev–Trinajstić information content (AvgIpc) is 2.74. The van der Waals surface area contributed by atoms with E-state index in [9.17, 15) is 23.3 Å². The zero-order valence-corrected chi connectivity index (χ0v) is 16.9. The molecule has 0 atom stereocenters. The zero-order valence-electron chi connectivity index (χ0n) is 16.2. The Bertz CT molecular complexity index is 1170. The van der Waals surface area contributed by atoms with Crippen LogP contribution in [0, 0.1) is 10.1 Å². The van der Waals surface area contributed by atoms with E-state index in [1.54, 1.807) is 7.05 Å². The van der Waals surface area contributed by atoms with Gasteiger partial charge in [0.25, 0.3) is 5.69 Å². The predicted molar refractivity (Wildman–Crippen MR) is 113 cm³/mol. The van der Waals surface area contributed by atoms with E-state index in [0.29, 0.717) is 5.56 Å². The van der Waals surface area contributed by atoms with Crippen molar-refractivity contribution in [1.82, 2.24) is 15.0 Å². The van der Waals surface area contributed by atoms with Crippen LogP contribution < -0.4 is 16.1 Å². The van der Waals surface area contributed by atoms with Gasteiger partial charge in [0.05, 0.1) is 16.7 Å². The molecule has 0 saturated carbocycles. The van der Waals surface area contributed by atoms with Gasteiger partial charge in [0.1, 0.15) is 5.02 Å². The number of rotatable bonds is 7. The van der Waals surface area contributed by atoms with Crippen molar-refractivity contribution < 1.29 is 18.1 Å². The number of hydrogen-bond acceptors (Lipinski definition) is 9. The van der Waals surface area contributed by atoms with Gasteiger partial charge < -0.3 is 10.6 Å². The predicted octanol–water partition coefficient (Wildman–Crippen LogP) is 4.68. The van der Waals surface area contributed by atoms with Crippen molar-refractivity contribution in [3.8, 4) is 0 Å². The first-order chi connectivity index (χ1) is 15.2. The molecule has 166 valence electrons. The van der Waals surface area contributed by atoms with E-state index in [-0.39, 0.29) is 34.2 Å². The van der Waals surface area contributed by atoms with Crippen LogP contribution in [0.15, 0.2) is 47.6 Å². The van der Waals surface area contributed by atoms with Crippen LogP contribution in [0.3, 0.4) is 0 Å². The minimum Gasteiger partial charge on any atom is -0.357 e. The van der Waals surface area contributed by atoms with E-state index in [0.717, 1.165) is 12.1 Å². The highest BCUT2D eigenvalue weighted by atomic mass is 35.5. The maximum absolute atomic E-state index is 12.9. The lowest BCUT2D eigenvalue weighted by atomic mass is 10.2. The Morgan fingerprint density at radius 1 is 1.09 bits per heavy atom. The van der Waals surface area contributed by atoms with E-state index < -0.39 is 16.7 Å². The van der Waals surface area contributed by atoms with E-state index in [2.05, 4.69) is 36.1 Å². The number of alkyl halides is 3. The molecule has 10 nitrogen and oxygen atoms in total. The first kappa shape index (κ1) is 22.7. The topological polar surface area (TPSA) is 130 Å². The summed E-state index contributed by atoms with van der Waals surface area (Å²) in [6.07, 6.45) is -3.21. The molecule has 3 rings (SSSR count). The first-order valence-corrected chi connectivity index (χ1v) is 9.14. The van der Waals surface area contributed by atoms with Crippen LogP contribution in [0.25, 0.3) is 0 Å². The molecule has 0 aliphatic heterocycles. The highest BCUT2D eigenvalue weighted by Crippen LogP contribution is 2.31. The summed E-state index contributed by atoms with van der Waals surface area (Å²) in [6, 6.07) is 8.66. The fourth-order valence-electron chi connectivity index (χ4n) is 2.41. The number of aromatic nitrogens is 3. The van der Waals surface area contributed by atoms with Crippen LogP contribution in [-0.2, 0) is 6.18 Å². The van der Waals surface area contributed by atoms with Gasteiger partial charge in [-0.1, -0.05) is 23.7 Å². The maximum Gasteiger partial charge on any atom is 0.416 e. The van der Waals surface area contributed by atoms with Crippen LogP contribution >= 0.6 is 11.6 Å². The molecule has 3 aromatic rings. The molecular formula is C18H14ClF3N8O2. The number of benzene rings is 2. The smallest absolute Gasteiger partial charge is 0.357 e. The standard InChI is InChI=1S/C18H14ClF3N8O2/c1-23-15-26-16(25-12-4-2-3-11(8-12)18(20,21)22)28-17(27-15)29-24-9-10-5-6-13(19)14(7-10)30(31)32/h2-9H,1H3,(H3,23,25,26,27,28,29)/b24-9+. The van der Waals surface area contributed by atoms with Gasteiger partial charge in [0.2, 0.25) is 17.8 Å². The molecule has 0 aliphatic rings. The van der Waals surface area contributed by atoms with Gasteiger partial charge in [-0.05, 0) is 24.3 Å².